The molecule has 154 valence electrons. The van der Waals surface area contributed by atoms with Crippen LogP contribution >= 0.6 is 11.3 Å². The normalized spacial score (nSPS) is 10.8. The predicted octanol–water partition coefficient (Wildman–Crippen LogP) is 5.57. The molecule has 0 spiro atoms. The van der Waals surface area contributed by atoms with Crippen molar-refractivity contribution in [3.05, 3.63) is 58.8 Å². The van der Waals surface area contributed by atoms with Gasteiger partial charge in [0.05, 0.1) is 29.4 Å². The van der Waals surface area contributed by atoms with E-state index in [0.717, 1.165) is 20.8 Å². The zero-order valence-electron chi connectivity index (χ0n) is 16.9. The number of para-hydroxylation sites is 1. The Bertz CT molecular complexity index is 1210. The van der Waals surface area contributed by atoms with Gasteiger partial charge in [-0.25, -0.2) is 4.98 Å². The maximum absolute atomic E-state index is 12.7. The lowest BCUT2D eigenvalue weighted by Gasteiger charge is -2.13. The first kappa shape index (κ1) is 19.8. The summed E-state index contributed by atoms with van der Waals surface area (Å²) >= 11 is 1.59. The predicted molar refractivity (Wildman–Crippen MR) is 115 cm³/mol. The van der Waals surface area contributed by atoms with Gasteiger partial charge in [0.2, 0.25) is 0 Å². The van der Waals surface area contributed by atoms with Crippen molar-refractivity contribution in [1.82, 2.24) is 4.98 Å². The fourth-order valence-electron chi connectivity index (χ4n) is 3.04. The summed E-state index contributed by atoms with van der Waals surface area (Å²) in [6, 6.07) is 12.3. The third kappa shape index (κ3) is 3.81. The molecule has 0 saturated heterocycles. The molecule has 30 heavy (non-hydrogen) atoms. The third-order valence-corrected chi connectivity index (χ3v) is 5.41. The third-order valence-electron chi connectivity index (χ3n) is 4.47. The molecule has 8 heteroatoms. The van der Waals surface area contributed by atoms with E-state index >= 15 is 0 Å². The number of hydrogen-bond acceptors (Lipinski definition) is 7. The number of anilines is 1. The molecule has 7 nitrogen and oxygen atoms in total. The molecular formula is C22H20N2O5S. The molecule has 2 heterocycles. The largest absolute Gasteiger partial charge is 0.494 e. The Kier molecular flexibility index (Phi) is 5.33. The Morgan fingerprint density at radius 1 is 1.03 bits per heavy atom. The highest BCUT2D eigenvalue weighted by Gasteiger charge is 2.18. The maximum atomic E-state index is 12.7. The van der Waals surface area contributed by atoms with Gasteiger partial charge in [-0.05, 0) is 43.7 Å². The molecule has 1 N–H and O–H groups in total. The number of carbonyl (C=O) groups excluding carboxylic acids is 1. The minimum Gasteiger partial charge on any atom is -0.494 e. The molecule has 0 aliphatic rings. The highest BCUT2D eigenvalue weighted by molar-refractivity contribution is 7.18. The van der Waals surface area contributed by atoms with Gasteiger partial charge >= 0.3 is 0 Å². The minimum atomic E-state index is -0.446. The Balaban J connectivity index is 1.55. The van der Waals surface area contributed by atoms with Gasteiger partial charge in [0.25, 0.3) is 11.9 Å². The summed E-state index contributed by atoms with van der Waals surface area (Å²) in [6.07, 6.45) is 0. The Hall–Kier alpha value is -3.52. The number of ether oxygens (including phenoxy) is 3. The van der Waals surface area contributed by atoms with E-state index in [-0.39, 0.29) is 11.7 Å². The fourth-order valence-corrected chi connectivity index (χ4v) is 3.88. The average molecular weight is 424 g/mol. The Labute approximate surface area is 177 Å². The lowest BCUT2D eigenvalue weighted by Crippen LogP contribution is -2.12. The summed E-state index contributed by atoms with van der Waals surface area (Å²) < 4.78 is 23.1. The van der Waals surface area contributed by atoms with E-state index in [9.17, 15) is 4.79 Å². The maximum Gasteiger partial charge on any atom is 0.291 e. The van der Waals surface area contributed by atoms with Crippen LogP contribution in [0.25, 0.3) is 10.2 Å². The molecule has 0 aliphatic heterocycles. The van der Waals surface area contributed by atoms with Crippen LogP contribution in [0.15, 0.2) is 46.9 Å². The van der Waals surface area contributed by atoms with Gasteiger partial charge in [-0.15, -0.1) is 11.3 Å². The second kappa shape index (κ2) is 8.08. The van der Waals surface area contributed by atoms with Crippen molar-refractivity contribution in [3.63, 3.8) is 0 Å². The number of carbonyl (C=O) groups is 1. The number of nitrogens with one attached hydrogen (secondary N) is 1. The second-order valence-corrected chi connectivity index (χ2v) is 7.77. The highest BCUT2D eigenvalue weighted by atomic mass is 32.1. The molecule has 4 rings (SSSR count). The number of fused-ring (bicyclic) bond motifs is 1. The number of aryl methyl sites for hydroxylation is 2. The SMILES string of the molecule is COc1cccc(OC)c1NC(=O)c1ccc(Oc2cc3sc(C)nc3cc2C)o1. The minimum absolute atomic E-state index is 0.102. The smallest absolute Gasteiger partial charge is 0.291 e. The topological polar surface area (TPSA) is 82.8 Å². The first-order chi connectivity index (χ1) is 14.5. The number of amides is 1. The van der Waals surface area contributed by atoms with Crippen LogP contribution in [0.3, 0.4) is 0 Å². The first-order valence-corrected chi connectivity index (χ1v) is 9.98. The van der Waals surface area contributed by atoms with E-state index in [1.54, 1.807) is 41.7 Å². The monoisotopic (exact) mass is 424 g/mol. The molecule has 2 aromatic heterocycles. The van der Waals surface area contributed by atoms with Crippen LogP contribution < -0.4 is 19.5 Å². The van der Waals surface area contributed by atoms with E-state index < -0.39 is 5.91 Å². The number of methoxy groups -OCH3 is 2. The van der Waals surface area contributed by atoms with Gasteiger partial charge in [0, 0.05) is 12.1 Å². The summed E-state index contributed by atoms with van der Waals surface area (Å²) in [5, 5.41) is 3.76. The molecule has 0 saturated carbocycles. The summed E-state index contributed by atoms with van der Waals surface area (Å²) in [5.74, 6) is 1.49. The summed E-state index contributed by atoms with van der Waals surface area (Å²) in [6.45, 7) is 3.91. The van der Waals surface area contributed by atoms with Gasteiger partial charge in [-0.3, -0.25) is 4.79 Å². The van der Waals surface area contributed by atoms with Gasteiger partial charge < -0.3 is 23.9 Å². The van der Waals surface area contributed by atoms with Gasteiger partial charge in [0.15, 0.2) is 5.76 Å². The van der Waals surface area contributed by atoms with E-state index in [1.807, 2.05) is 26.0 Å². The summed E-state index contributed by atoms with van der Waals surface area (Å²) in [5.41, 5.74) is 2.29. The first-order valence-electron chi connectivity index (χ1n) is 9.16. The number of benzene rings is 2. The molecule has 0 radical (unpaired) electrons. The van der Waals surface area contributed by atoms with Crippen molar-refractivity contribution in [2.45, 2.75) is 13.8 Å². The van der Waals surface area contributed by atoms with Gasteiger partial charge in [-0.1, -0.05) is 6.07 Å². The van der Waals surface area contributed by atoms with Crippen molar-refractivity contribution in [1.29, 1.82) is 0 Å². The van der Waals surface area contributed by atoms with Crippen LogP contribution in [0.4, 0.5) is 5.69 Å². The van der Waals surface area contributed by atoms with Crippen molar-refractivity contribution in [3.8, 4) is 23.2 Å². The van der Waals surface area contributed by atoms with E-state index in [2.05, 4.69) is 10.3 Å². The molecule has 0 bridgehead atoms. The van der Waals surface area contributed by atoms with Crippen LogP contribution in [0, 0.1) is 13.8 Å². The number of aromatic nitrogens is 1. The number of furan rings is 1. The van der Waals surface area contributed by atoms with Crippen molar-refractivity contribution in [2.75, 3.05) is 19.5 Å². The van der Waals surface area contributed by atoms with Gasteiger partial charge in [-0.2, -0.15) is 0 Å². The van der Waals surface area contributed by atoms with E-state index in [0.29, 0.717) is 22.9 Å². The van der Waals surface area contributed by atoms with Crippen LogP contribution in [0.2, 0.25) is 0 Å². The molecule has 0 fully saturated rings. The molecule has 4 aromatic rings. The van der Waals surface area contributed by atoms with Crippen LogP contribution in [-0.2, 0) is 0 Å². The van der Waals surface area contributed by atoms with Crippen molar-refractivity contribution >= 4 is 33.1 Å². The average Bonchev–Trinajstić information content (AvgIpc) is 3.34. The van der Waals surface area contributed by atoms with E-state index in [1.165, 1.54) is 14.2 Å². The lowest BCUT2D eigenvalue weighted by atomic mass is 10.2. The molecule has 0 atom stereocenters. The summed E-state index contributed by atoms with van der Waals surface area (Å²) in [7, 11) is 3.04. The second-order valence-electron chi connectivity index (χ2n) is 6.53. The van der Waals surface area contributed by atoms with Gasteiger partial charge in [0.1, 0.15) is 22.9 Å². The Morgan fingerprint density at radius 2 is 1.77 bits per heavy atom. The molecular weight excluding hydrogens is 404 g/mol. The fraction of sp³-hybridized carbons (Fsp3) is 0.182. The number of nitrogens with zero attached hydrogens (tertiary/aromatic N) is 1. The Morgan fingerprint density at radius 3 is 2.47 bits per heavy atom. The number of thiazole rings is 1. The standard InChI is InChI=1S/C22H20N2O5S/c1-12-10-14-19(30-13(2)23-14)11-18(12)29-20-9-8-17(28-20)22(25)24-21-15(26-3)6-5-7-16(21)27-4/h5-11H,1-4H3,(H,24,25). The molecule has 0 unspecified atom stereocenters. The quantitative estimate of drug-likeness (QED) is 0.436. The zero-order valence-corrected chi connectivity index (χ0v) is 17.8. The van der Waals surface area contributed by atoms with Crippen molar-refractivity contribution < 1.29 is 23.4 Å². The van der Waals surface area contributed by atoms with Crippen molar-refractivity contribution in [2.24, 2.45) is 0 Å². The molecule has 0 aliphatic carbocycles. The number of hydrogen-bond donors (Lipinski definition) is 1. The zero-order chi connectivity index (χ0) is 21.3. The molecule has 2 aromatic carbocycles. The van der Waals surface area contributed by atoms with Crippen LogP contribution in [-0.4, -0.2) is 25.1 Å². The van der Waals surface area contributed by atoms with Crippen LogP contribution in [0.5, 0.6) is 23.2 Å². The summed E-state index contributed by atoms with van der Waals surface area (Å²) in [4.78, 5) is 17.2. The highest BCUT2D eigenvalue weighted by Crippen LogP contribution is 2.36. The number of rotatable bonds is 6. The molecule has 1 amide bonds. The van der Waals surface area contributed by atoms with E-state index in [4.69, 9.17) is 18.6 Å². The van der Waals surface area contributed by atoms with Crippen LogP contribution in [0.1, 0.15) is 21.1 Å². The lowest BCUT2D eigenvalue weighted by molar-refractivity contribution is 0.0991.